The number of hydrogen-bond donors (Lipinski definition) is 1. The Kier molecular flexibility index (Phi) is 4.61. The standard InChI is InChI=1S/C20H18ClN3O2S/c1-12-6-5-9-18(13(12)2)24-19(15-10-27(26)11-17(15)23-24)22-20(25)14-7-3-4-8-16(14)21/h3-9H,10-11H2,1-2H3,(H,22,25). The van der Waals surface area contributed by atoms with E-state index in [1.54, 1.807) is 28.9 Å². The van der Waals surface area contributed by atoms with Gasteiger partial charge in [-0.2, -0.15) is 5.10 Å². The molecule has 2 aromatic carbocycles. The Bertz CT molecular complexity index is 1090. The zero-order valence-electron chi connectivity index (χ0n) is 15.0. The fourth-order valence-electron chi connectivity index (χ4n) is 3.22. The Hall–Kier alpha value is -2.44. The van der Waals surface area contributed by atoms with Gasteiger partial charge in [-0.05, 0) is 43.2 Å². The molecule has 5 nitrogen and oxygen atoms in total. The maximum absolute atomic E-state index is 12.8. The molecule has 1 aliphatic rings. The molecule has 1 N–H and O–H groups in total. The fourth-order valence-corrected chi connectivity index (χ4v) is 4.70. The van der Waals surface area contributed by atoms with Crippen molar-refractivity contribution in [3.05, 3.63) is 75.4 Å². The van der Waals surface area contributed by atoms with Gasteiger partial charge in [-0.3, -0.25) is 9.00 Å². The average molecular weight is 400 g/mol. The Balaban J connectivity index is 1.82. The molecule has 0 bridgehead atoms. The van der Waals surface area contributed by atoms with Crippen LogP contribution in [0.15, 0.2) is 42.5 Å². The lowest BCUT2D eigenvalue weighted by Gasteiger charge is -2.14. The van der Waals surface area contributed by atoms with E-state index >= 15 is 0 Å². The number of aryl methyl sites for hydroxylation is 1. The number of amides is 1. The second kappa shape index (κ2) is 6.94. The van der Waals surface area contributed by atoms with Crippen LogP contribution in [0.2, 0.25) is 5.02 Å². The molecule has 0 spiro atoms. The van der Waals surface area contributed by atoms with Crippen molar-refractivity contribution >= 4 is 34.1 Å². The normalized spacial score (nSPS) is 15.6. The Morgan fingerprint density at radius 1 is 1.15 bits per heavy atom. The topological polar surface area (TPSA) is 64.0 Å². The quantitative estimate of drug-likeness (QED) is 0.719. The van der Waals surface area contributed by atoms with Gasteiger partial charge in [0.2, 0.25) is 0 Å². The van der Waals surface area contributed by atoms with Crippen LogP contribution < -0.4 is 5.32 Å². The first-order chi connectivity index (χ1) is 13.0. The first-order valence-corrected chi connectivity index (χ1v) is 10.4. The van der Waals surface area contributed by atoms with Gasteiger partial charge in [-0.25, -0.2) is 4.68 Å². The summed E-state index contributed by atoms with van der Waals surface area (Å²) in [5.41, 5.74) is 5.09. The van der Waals surface area contributed by atoms with E-state index < -0.39 is 10.8 Å². The van der Waals surface area contributed by atoms with Crippen LogP contribution >= 0.6 is 11.6 Å². The summed E-state index contributed by atoms with van der Waals surface area (Å²) in [4.78, 5) is 12.8. The van der Waals surface area contributed by atoms with E-state index in [-0.39, 0.29) is 5.91 Å². The van der Waals surface area contributed by atoms with E-state index in [1.807, 2.05) is 32.0 Å². The molecule has 0 radical (unpaired) electrons. The minimum atomic E-state index is -0.990. The van der Waals surface area contributed by atoms with Crippen molar-refractivity contribution in [2.24, 2.45) is 0 Å². The number of benzene rings is 2. The molecule has 1 amide bonds. The second-order valence-corrected chi connectivity index (χ2v) is 8.43. The number of rotatable bonds is 3. The maximum atomic E-state index is 12.8. The molecule has 138 valence electrons. The van der Waals surface area contributed by atoms with Crippen molar-refractivity contribution in [3.63, 3.8) is 0 Å². The van der Waals surface area contributed by atoms with Crippen LogP contribution in [0.4, 0.5) is 5.82 Å². The third-order valence-corrected chi connectivity index (χ3v) is 6.36. The predicted octanol–water partition coefficient (Wildman–Crippen LogP) is 4.16. The largest absolute Gasteiger partial charge is 0.306 e. The van der Waals surface area contributed by atoms with Crippen molar-refractivity contribution < 1.29 is 9.00 Å². The number of anilines is 1. The Morgan fingerprint density at radius 3 is 2.70 bits per heavy atom. The van der Waals surface area contributed by atoms with Gasteiger partial charge in [0, 0.05) is 16.4 Å². The van der Waals surface area contributed by atoms with E-state index in [0.717, 1.165) is 28.1 Å². The monoisotopic (exact) mass is 399 g/mol. The van der Waals surface area contributed by atoms with Crippen LogP contribution in [-0.4, -0.2) is 19.9 Å². The molecule has 1 aliphatic heterocycles. The molecule has 0 fully saturated rings. The molecule has 7 heteroatoms. The number of fused-ring (bicyclic) bond motifs is 1. The van der Waals surface area contributed by atoms with Crippen LogP contribution in [0.25, 0.3) is 5.69 Å². The van der Waals surface area contributed by atoms with Gasteiger partial charge in [0.1, 0.15) is 5.82 Å². The Labute approximate surface area is 164 Å². The maximum Gasteiger partial charge on any atom is 0.258 e. The molecule has 4 rings (SSSR count). The summed E-state index contributed by atoms with van der Waals surface area (Å²) in [6.07, 6.45) is 0. The third kappa shape index (κ3) is 3.19. The molecule has 1 atom stereocenters. The summed E-state index contributed by atoms with van der Waals surface area (Å²) >= 11 is 6.17. The van der Waals surface area contributed by atoms with Crippen molar-refractivity contribution in [2.45, 2.75) is 25.4 Å². The van der Waals surface area contributed by atoms with E-state index in [0.29, 0.717) is 27.9 Å². The number of halogens is 1. The SMILES string of the molecule is Cc1cccc(-n2nc3c(c2NC(=O)c2ccccc2Cl)CS(=O)C3)c1C. The summed E-state index contributed by atoms with van der Waals surface area (Å²) in [5.74, 6) is 1.04. The number of hydrogen-bond acceptors (Lipinski definition) is 3. The molecule has 1 unspecified atom stereocenters. The number of nitrogens with one attached hydrogen (secondary N) is 1. The molecule has 27 heavy (non-hydrogen) atoms. The zero-order chi connectivity index (χ0) is 19.1. The highest BCUT2D eigenvalue weighted by Crippen LogP contribution is 2.33. The Morgan fingerprint density at radius 2 is 1.93 bits per heavy atom. The van der Waals surface area contributed by atoms with E-state index in [4.69, 9.17) is 11.6 Å². The first kappa shape index (κ1) is 17.9. The summed E-state index contributed by atoms with van der Waals surface area (Å²) in [6, 6.07) is 12.9. The molecular weight excluding hydrogens is 382 g/mol. The zero-order valence-corrected chi connectivity index (χ0v) is 16.5. The predicted molar refractivity (Wildman–Crippen MR) is 108 cm³/mol. The van der Waals surface area contributed by atoms with Crippen LogP contribution in [0.3, 0.4) is 0 Å². The molecule has 3 aromatic rings. The van der Waals surface area contributed by atoms with E-state index in [1.165, 1.54) is 0 Å². The van der Waals surface area contributed by atoms with Crippen molar-refractivity contribution in [1.29, 1.82) is 0 Å². The summed E-state index contributed by atoms with van der Waals surface area (Å²) in [7, 11) is -0.990. The first-order valence-electron chi connectivity index (χ1n) is 8.54. The van der Waals surface area contributed by atoms with Gasteiger partial charge >= 0.3 is 0 Å². The van der Waals surface area contributed by atoms with Crippen molar-refractivity contribution in [2.75, 3.05) is 5.32 Å². The fraction of sp³-hybridized carbons (Fsp3) is 0.200. The van der Waals surface area contributed by atoms with Gasteiger partial charge in [0.15, 0.2) is 0 Å². The molecule has 1 aromatic heterocycles. The van der Waals surface area contributed by atoms with Gasteiger partial charge in [0.05, 0.1) is 33.5 Å². The number of carbonyl (C=O) groups is 1. The van der Waals surface area contributed by atoms with Crippen LogP contribution in [0.1, 0.15) is 32.7 Å². The molecule has 0 saturated carbocycles. The van der Waals surface area contributed by atoms with Crippen molar-refractivity contribution in [1.82, 2.24) is 9.78 Å². The van der Waals surface area contributed by atoms with Gasteiger partial charge in [0.25, 0.3) is 5.91 Å². The lowest BCUT2D eigenvalue weighted by molar-refractivity contribution is 0.102. The molecule has 2 heterocycles. The van der Waals surface area contributed by atoms with Crippen LogP contribution in [-0.2, 0) is 22.3 Å². The van der Waals surface area contributed by atoms with Gasteiger partial charge in [-0.1, -0.05) is 35.9 Å². The number of nitrogens with zero attached hydrogens (tertiary/aromatic N) is 2. The minimum absolute atomic E-state index is 0.312. The van der Waals surface area contributed by atoms with Crippen LogP contribution in [0, 0.1) is 13.8 Å². The van der Waals surface area contributed by atoms with Gasteiger partial charge < -0.3 is 5.32 Å². The van der Waals surface area contributed by atoms with Crippen LogP contribution in [0.5, 0.6) is 0 Å². The highest BCUT2D eigenvalue weighted by Gasteiger charge is 2.29. The highest BCUT2D eigenvalue weighted by molar-refractivity contribution is 7.83. The number of carbonyl (C=O) groups excluding carboxylic acids is 1. The molecule has 0 aliphatic carbocycles. The summed E-state index contributed by atoms with van der Waals surface area (Å²) < 4.78 is 13.8. The summed E-state index contributed by atoms with van der Waals surface area (Å²) in [5, 5.41) is 8.00. The third-order valence-electron chi connectivity index (χ3n) is 4.82. The van der Waals surface area contributed by atoms with E-state index in [2.05, 4.69) is 10.4 Å². The summed E-state index contributed by atoms with van der Waals surface area (Å²) in [6.45, 7) is 4.06. The second-order valence-electron chi connectivity index (χ2n) is 6.57. The minimum Gasteiger partial charge on any atom is -0.306 e. The smallest absolute Gasteiger partial charge is 0.258 e. The number of aromatic nitrogens is 2. The van der Waals surface area contributed by atoms with E-state index in [9.17, 15) is 9.00 Å². The molecular formula is C20H18ClN3O2S. The average Bonchev–Trinajstić information content (AvgIpc) is 3.15. The van der Waals surface area contributed by atoms with Gasteiger partial charge in [-0.15, -0.1) is 0 Å². The lowest BCUT2D eigenvalue weighted by Crippen LogP contribution is -2.17. The molecule has 0 saturated heterocycles. The van der Waals surface area contributed by atoms with Crippen molar-refractivity contribution in [3.8, 4) is 5.69 Å². The highest BCUT2D eigenvalue weighted by atomic mass is 35.5. The lowest BCUT2D eigenvalue weighted by atomic mass is 10.1.